The van der Waals surface area contributed by atoms with Crippen molar-refractivity contribution in [3.63, 3.8) is 0 Å². The molecule has 1 aromatic carbocycles. The van der Waals surface area contributed by atoms with Gasteiger partial charge in [-0.3, -0.25) is 4.79 Å². The monoisotopic (exact) mass is 264 g/mol. The first-order valence-electron chi connectivity index (χ1n) is 6.94. The van der Waals surface area contributed by atoms with Crippen LogP contribution in [0.25, 0.3) is 0 Å². The van der Waals surface area contributed by atoms with Crippen LogP contribution in [0.2, 0.25) is 0 Å². The zero-order valence-corrected chi connectivity index (χ0v) is 11.3. The third kappa shape index (κ3) is 2.78. The lowest BCUT2D eigenvalue weighted by Crippen LogP contribution is -2.44. The van der Waals surface area contributed by atoms with Crippen molar-refractivity contribution in [1.82, 2.24) is 4.90 Å². The van der Waals surface area contributed by atoms with E-state index in [4.69, 9.17) is 5.73 Å². The number of hydrogen-bond acceptors (Lipinski definition) is 2. The first kappa shape index (κ1) is 14.0. The lowest BCUT2D eigenvalue weighted by atomic mass is 10.0. The number of benzene rings is 1. The molecule has 1 fully saturated rings. The van der Waals surface area contributed by atoms with Crippen LogP contribution < -0.4 is 5.73 Å². The van der Waals surface area contributed by atoms with Gasteiger partial charge in [-0.1, -0.05) is 18.6 Å². The smallest absolute Gasteiger partial charge is 0.257 e. The Morgan fingerprint density at radius 2 is 2.16 bits per heavy atom. The molecule has 4 heteroatoms. The van der Waals surface area contributed by atoms with Crippen LogP contribution in [0.1, 0.15) is 36.5 Å². The van der Waals surface area contributed by atoms with Crippen LogP contribution in [0.5, 0.6) is 0 Å². The van der Waals surface area contributed by atoms with Crippen molar-refractivity contribution in [3.8, 4) is 0 Å². The van der Waals surface area contributed by atoms with E-state index < -0.39 is 5.82 Å². The normalized spacial score (nSPS) is 22.5. The van der Waals surface area contributed by atoms with E-state index in [0.717, 1.165) is 19.3 Å². The van der Waals surface area contributed by atoms with E-state index in [-0.39, 0.29) is 17.5 Å². The van der Waals surface area contributed by atoms with E-state index in [0.29, 0.717) is 19.0 Å². The molecule has 0 aromatic heterocycles. The molecule has 0 saturated heterocycles. The second kappa shape index (κ2) is 6.15. The topological polar surface area (TPSA) is 46.3 Å². The fourth-order valence-electron chi connectivity index (χ4n) is 3.02. The number of amides is 1. The van der Waals surface area contributed by atoms with E-state index in [1.165, 1.54) is 6.07 Å². The van der Waals surface area contributed by atoms with E-state index in [1.54, 1.807) is 23.1 Å². The molecule has 19 heavy (non-hydrogen) atoms. The molecule has 2 rings (SSSR count). The Balaban J connectivity index is 2.22. The number of halogens is 1. The summed E-state index contributed by atoms with van der Waals surface area (Å²) in [5, 5.41) is 0. The number of hydrogen-bond donors (Lipinski definition) is 1. The van der Waals surface area contributed by atoms with Gasteiger partial charge in [-0.05, 0) is 44.4 Å². The molecule has 1 saturated carbocycles. The second-order valence-electron chi connectivity index (χ2n) is 5.07. The van der Waals surface area contributed by atoms with Crippen molar-refractivity contribution >= 4 is 5.91 Å². The van der Waals surface area contributed by atoms with E-state index in [9.17, 15) is 9.18 Å². The molecule has 2 unspecified atom stereocenters. The maximum Gasteiger partial charge on any atom is 0.257 e. The van der Waals surface area contributed by atoms with Gasteiger partial charge in [0.1, 0.15) is 5.82 Å². The van der Waals surface area contributed by atoms with Gasteiger partial charge in [0.05, 0.1) is 5.56 Å². The summed E-state index contributed by atoms with van der Waals surface area (Å²) in [5.74, 6) is -0.324. The Labute approximate surface area is 113 Å². The molecule has 2 atom stereocenters. The Hall–Kier alpha value is -1.42. The third-order valence-electron chi connectivity index (χ3n) is 4.03. The quantitative estimate of drug-likeness (QED) is 0.907. The van der Waals surface area contributed by atoms with Gasteiger partial charge in [0.25, 0.3) is 5.91 Å². The molecule has 0 spiro atoms. The number of rotatable bonds is 4. The highest BCUT2D eigenvalue weighted by molar-refractivity contribution is 5.94. The molecular weight excluding hydrogens is 243 g/mol. The summed E-state index contributed by atoms with van der Waals surface area (Å²) in [4.78, 5) is 14.3. The maximum absolute atomic E-state index is 13.7. The molecule has 1 aliphatic rings. The average Bonchev–Trinajstić information content (AvgIpc) is 2.88. The predicted octanol–water partition coefficient (Wildman–Crippen LogP) is 2.42. The molecule has 0 bridgehead atoms. The predicted molar refractivity (Wildman–Crippen MR) is 73.3 cm³/mol. The minimum absolute atomic E-state index is 0.155. The zero-order chi connectivity index (χ0) is 13.8. The van der Waals surface area contributed by atoms with Gasteiger partial charge in [-0.25, -0.2) is 4.39 Å². The lowest BCUT2D eigenvalue weighted by molar-refractivity contribution is 0.0647. The van der Waals surface area contributed by atoms with E-state index in [1.807, 2.05) is 6.92 Å². The van der Waals surface area contributed by atoms with Crippen LogP contribution in [-0.4, -0.2) is 29.9 Å². The fourth-order valence-corrected chi connectivity index (χ4v) is 3.02. The summed E-state index contributed by atoms with van der Waals surface area (Å²) in [6.45, 7) is 3.12. The molecule has 0 heterocycles. The van der Waals surface area contributed by atoms with Gasteiger partial charge in [-0.2, -0.15) is 0 Å². The van der Waals surface area contributed by atoms with Crippen molar-refractivity contribution < 1.29 is 9.18 Å². The molecule has 2 N–H and O–H groups in total. The molecule has 0 radical (unpaired) electrons. The zero-order valence-electron chi connectivity index (χ0n) is 11.3. The molecule has 1 aromatic rings. The van der Waals surface area contributed by atoms with Gasteiger partial charge in [0, 0.05) is 12.6 Å². The first-order valence-corrected chi connectivity index (χ1v) is 6.94. The van der Waals surface area contributed by atoms with Gasteiger partial charge in [-0.15, -0.1) is 0 Å². The highest BCUT2D eigenvalue weighted by Crippen LogP contribution is 2.30. The first-order chi connectivity index (χ1) is 9.19. The van der Waals surface area contributed by atoms with Crippen LogP contribution in [0.3, 0.4) is 0 Å². The van der Waals surface area contributed by atoms with Gasteiger partial charge in [0.15, 0.2) is 0 Å². The summed E-state index contributed by atoms with van der Waals surface area (Å²) in [7, 11) is 0. The lowest BCUT2D eigenvalue weighted by Gasteiger charge is -2.32. The van der Waals surface area contributed by atoms with Crippen molar-refractivity contribution in [2.75, 3.05) is 13.1 Å². The van der Waals surface area contributed by atoms with Gasteiger partial charge >= 0.3 is 0 Å². The molecule has 1 amide bonds. The summed E-state index contributed by atoms with van der Waals surface area (Å²) >= 11 is 0. The Morgan fingerprint density at radius 3 is 2.79 bits per heavy atom. The minimum Gasteiger partial charge on any atom is -0.336 e. The van der Waals surface area contributed by atoms with E-state index >= 15 is 0 Å². The van der Waals surface area contributed by atoms with Crippen molar-refractivity contribution in [2.45, 2.75) is 32.2 Å². The number of carbonyl (C=O) groups excluding carboxylic acids is 1. The summed E-state index contributed by atoms with van der Waals surface area (Å²) in [6, 6.07) is 6.32. The highest BCUT2D eigenvalue weighted by Gasteiger charge is 2.33. The summed E-state index contributed by atoms with van der Waals surface area (Å²) in [6.07, 6.45) is 3.12. The standard InChI is InChI=1S/C15H21FN2O/c1-2-18(14-9-5-6-11(14)10-17)15(19)12-7-3-4-8-13(12)16/h3-4,7-8,11,14H,2,5-6,9-10,17H2,1H3. The SMILES string of the molecule is CCN(C(=O)c1ccccc1F)C1CCCC1CN. The van der Waals surface area contributed by atoms with Crippen LogP contribution >= 0.6 is 0 Å². The van der Waals surface area contributed by atoms with Crippen LogP contribution in [0, 0.1) is 11.7 Å². The summed E-state index contributed by atoms with van der Waals surface area (Å²) < 4.78 is 13.7. The number of nitrogens with two attached hydrogens (primary N) is 1. The number of carbonyl (C=O) groups is 1. The summed E-state index contributed by atoms with van der Waals surface area (Å²) in [5.41, 5.74) is 5.93. The van der Waals surface area contributed by atoms with Crippen molar-refractivity contribution in [3.05, 3.63) is 35.6 Å². The van der Waals surface area contributed by atoms with Crippen molar-refractivity contribution in [2.24, 2.45) is 11.7 Å². The molecule has 104 valence electrons. The average molecular weight is 264 g/mol. The minimum atomic E-state index is -0.451. The molecule has 3 nitrogen and oxygen atoms in total. The molecule has 0 aliphatic heterocycles. The van der Waals surface area contributed by atoms with Crippen LogP contribution in [0.15, 0.2) is 24.3 Å². The maximum atomic E-state index is 13.7. The Morgan fingerprint density at radius 1 is 1.42 bits per heavy atom. The fraction of sp³-hybridized carbons (Fsp3) is 0.533. The largest absolute Gasteiger partial charge is 0.336 e. The second-order valence-corrected chi connectivity index (χ2v) is 5.07. The number of nitrogens with zero attached hydrogens (tertiary/aromatic N) is 1. The van der Waals surface area contributed by atoms with Crippen LogP contribution in [0.4, 0.5) is 4.39 Å². The van der Waals surface area contributed by atoms with Crippen LogP contribution in [-0.2, 0) is 0 Å². The van der Waals surface area contributed by atoms with Gasteiger partial charge < -0.3 is 10.6 Å². The van der Waals surface area contributed by atoms with Gasteiger partial charge in [0.2, 0.25) is 0 Å². The Bertz CT molecular complexity index is 450. The highest BCUT2D eigenvalue weighted by atomic mass is 19.1. The molecular formula is C15H21FN2O. The molecule has 1 aliphatic carbocycles. The van der Waals surface area contributed by atoms with Crippen molar-refractivity contribution in [1.29, 1.82) is 0 Å². The third-order valence-corrected chi connectivity index (χ3v) is 4.03. The Kier molecular flexibility index (Phi) is 4.53. The van der Waals surface area contributed by atoms with E-state index in [2.05, 4.69) is 0 Å².